The number of hydrogen-bond donors (Lipinski definition) is 0. The number of aryl methyl sites for hydroxylation is 2. The summed E-state index contributed by atoms with van der Waals surface area (Å²) in [7, 11) is -1.02. The highest BCUT2D eigenvalue weighted by atomic mass is 35.5. The largest absolute Gasteiger partial charge is 0.445 e. The van der Waals surface area contributed by atoms with Crippen LogP contribution >= 0.6 is 11.6 Å². The summed E-state index contributed by atoms with van der Waals surface area (Å²) in [5.41, 5.74) is 1.85. The Labute approximate surface area is 114 Å². The molecule has 1 aromatic carbocycles. The summed E-state index contributed by atoms with van der Waals surface area (Å²) in [6, 6.07) is 7.36. The van der Waals surface area contributed by atoms with Crippen molar-refractivity contribution in [2.75, 3.05) is 0 Å². The number of benzene rings is 1. The van der Waals surface area contributed by atoms with Crippen molar-refractivity contribution in [1.29, 1.82) is 0 Å². The lowest BCUT2D eigenvalue weighted by molar-refractivity contribution is 0.487. The van der Waals surface area contributed by atoms with Crippen LogP contribution in [0.15, 0.2) is 28.7 Å². The first-order valence-electron chi connectivity index (χ1n) is 5.57. The summed E-state index contributed by atoms with van der Waals surface area (Å²) in [6.45, 7) is 3.73. The Morgan fingerprint density at radius 2 is 1.89 bits per heavy atom. The van der Waals surface area contributed by atoms with Gasteiger partial charge in [0.15, 0.2) is 0 Å². The van der Waals surface area contributed by atoms with E-state index >= 15 is 0 Å². The average molecular weight is 284 g/mol. The predicted molar refractivity (Wildman–Crippen MR) is 73.0 cm³/mol. The van der Waals surface area contributed by atoms with E-state index in [0.717, 1.165) is 17.0 Å². The zero-order valence-electron chi connectivity index (χ0n) is 10.3. The fraction of sp³-hybridized carbons (Fsp3) is 0.308. The molecule has 0 aliphatic heterocycles. The van der Waals surface area contributed by atoms with Gasteiger partial charge >= 0.3 is 0 Å². The molecule has 3 nitrogen and oxygen atoms in total. The normalized spacial score (nSPS) is 12.6. The van der Waals surface area contributed by atoms with Gasteiger partial charge in [0.1, 0.15) is 11.5 Å². The second-order valence-electron chi connectivity index (χ2n) is 4.10. The van der Waals surface area contributed by atoms with Crippen LogP contribution in [0.1, 0.15) is 22.9 Å². The Morgan fingerprint density at radius 1 is 1.22 bits per heavy atom. The van der Waals surface area contributed by atoms with Gasteiger partial charge in [-0.3, -0.25) is 4.21 Å². The highest BCUT2D eigenvalue weighted by Crippen LogP contribution is 2.14. The third kappa shape index (κ3) is 3.43. The fourth-order valence-corrected chi connectivity index (χ4v) is 2.75. The Bertz CT molecular complexity index is 543. The average Bonchev–Trinajstić information content (AvgIpc) is 2.61. The molecule has 1 aromatic heterocycles. The van der Waals surface area contributed by atoms with Crippen molar-refractivity contribution >= 4 is 22.4 Å². The highest BCUT2D eigenvalue weighted by molar-refractivity contribution is 7.83. The maximum Gasteiger partial charge on any atom is 0.207 e. The van der Waals surface area contributed by atoms with Crippen LogP contribution in [0.25, 0.3) is 0 Å². The van der Waals surface area contributed by atoms with E-state index in [9.17, 15) is 4.21 Å². The predicted octanol–water partition coefficient (Wildman–Crippen LogP) is 3.39. The number of aromatic nitrogens is 1. The molecule has 2 rings (SSSR count). The summed E-state index contributed by atoms with van der Waals surface area (Å²) in [4.78, 5) is 4.23. The lowest BCUT2D eigenvalue weighted by Crippen LogP contribution is -1.99. The van der Waals surface area contributed by atoms with Gasteiger partial charge in [0, 0.05) is 21.6 Å². The molecule has 18 heavy (non-hydrogen) atoms. The lowest BCUT2D eigenvalue weighted by atomic mass is 10.2. The van der Waals surface area contributed by atoms with Gasteiger partial charge < -0.3 is 4.42 Å². The molecule has 1 atom stereocenters. The Kier molecular flexibility index (Phi) is 4.19. The van der Waals surface area contributed by atoms with Crippen LogP contribution in [-0.2, 0) is 22.3 Å². The topological polar surface area (TPSA) is 43.1 Å². The van der Waals surface area contributed by atoms with E-state index in [4.69, 9.17) is 16.0 Å². The first kappa shape index (κ1) is 13.3. The Hall–Kier alpha value is -1.13. The van der Waals surface area contributed by atoms with E-state index in [1.54, 1.807) is 12.1 Å². The Morgan fingerprint density at radius 3 is 2.44 bits per heavy atom. The third-order valence-electron chi connectivity index (χ3n) is 2.60. The van der Waals surface area contributed by atoms with Gasteiger partial charge in [0.25, 0.3) is 0 Å². The quantitative estimate of drug-likeness (QED) is 0.864. The highest BCUT2D eigenvalue weighted by Gasteiger charge is 2.10. The number of rotatable bonds is 4. The van der Waals surface area contributed by atoms with Crippen LogP contribution in [0, 0.1) is 13.8 Å². The van der Waals surface area contributed by atoms with E-state index in [0.29, 0.717) is 22.4 Å². The van der Waals surface area contributed by atoms with Gasteiger partial charge in [0.2, 0.25) is 5.89 Å². The van der Waals surface area contributed by atoms with E-state index in [2.05, 4.69) is 4.98 Å². The third-order valence-corrected chi connectivity index (χ3v) is 4.07. The van der Waals surface area contributed by atoms with Crippen molar-refractivity contribution in [3.8, 4) is 0 Å². The van der Waals surface area contributed by atoms with Crippen molar-refractivity contribution in [2.24, 2.45) is 0 Å². The second-order valence-corrected chi connectivity index (χ2v) is 6.00. The zero-order chi connectivity index (χ0) is 13.1. The molecule has 5 heteroatoms. The molecule has 2 aromatic rings. The van der Waals surface area contributed by atoms with Crippen molar-refractivity contribution in [2.45, 2.75) is 25.4 Å². The Balaban J connectivity index is 1.98. The second kappa shape index (κ2) is 5.67. The van der Waals surface area contributed by atoms with Crippen LogP contribution < -0.4 is 0 Å². The first-order valence-corrected chi connectivity index (χ1v) is 7.43. The zero-order valence-corrected chi connectivity index (χ0v) is 11.8. The summed E-state index contributed by atoms with van der Waals surface area (Å²) >= 11 is 5.80. The maximum absolute atomic E-state index is 12.0. The van der Waals surface area contributed by atoms with Gasteiger partial charge in [-0.1, -0.05) is 23.7 Å². The molecule has 0 saturated carbocycles. The maximum atomic E-state index is 12.0. The minimum atomic E-state index is -1.02. The van der Waals surface area contributed by atoms with E-state index in [1.165, 1.54) is 0 Å². The van der Waals surface area contributed by atoms with Gasteiger partial charge in [-0.2, -0.15) is 0 Å². The molecule has 0 unspecified atom stereocenters. The number of nitrogens with zero attached hydrogens (tertiary/aromatic N) is 1. The molecular formula is C13H14ClNO2S. The van der Waals surface area contributed by atoms with E-state index < -0.39 is 10.8 Å². The molecule has 0 aliphatic carbocycles. The van der Waals surface area contributed by atoms with Gasteiger partial charge in [-0.15, -0.1) is 0 Å². The molecule has 1 heterocycles. The minimum Gasteiger partial charge on any atom is -0.445 e. The van der Waals surface area contributed by atoms with Crippen LogP contribution in [0.2, 0.25) is 5.02 Å². The van der Waals surface area contributed by atoms with Crippen molar-refractivity contribution in [3.63, 3.8) is 0 Å². The van der Waals surface area contributed by atoms with Crippen molar-refractivity contribution < 1.29 is 8.63 Å². The molecule has 0 saturated heterocycles. The van der Waals surface area contributed by atoms with Gasteiger partial charge in [-0.05, 0) is 31.5 Å². The molecule has 0 fully saturated rings. The standard InChI is InChI=1S/C13H14ClNO2S/c1-9-10(2)17-13(15-9)8-18(16)7-11-3-5-12(14)6-4-11/h3-6H,7-8H2,1-2H3/t18-/m0/s1. The summed E-state index contributed by atoms with van der Waals surface area (Å²) < 4.78 is 17.4. The fourth-order valence-electron chi connectivity index (χ4n) is 1.56. The summed E-state index contributed by atoms with van der Waals surface area (Å²) in [5, 5.41) is 0.684. The van der Waals surface area contributed by atoms with Gasteiger partial charge in [-0.25, -0.2) is 4.98 Å². The molecule has 0 spiro atoms. The van der Waals surface area contributed by atoms with E-state index in [-0.39, 0.29) is 0 Å². The van der Waals surface area contributed by atoms with Crippen LogP contribution in [-0.4, -0.2) is 9.19 Å². The molecule has 0 amide bonds. The first-order chi connectivity index (χ1) is 8.54. The van der Waals surface area contributed by atoms with Crippen LogP contribution in [0.4, 0.5) is 0 Å². The van der Waals surface area contributed by atoms with E-state index in [1.807, 2.05) is 26.0 Å². The summed E-state index contributed by atoms with van der Waals surface area (Å²) in [5.74, 6) is 2.15. The van der Waals surface area contributed by atoms with Gasteiger partial charge in [0.05, 0.1) is 5.69 Å². The summed E-state index contributed by atoms with van der Waals surface area (Å²) in [6.07, 6.45) is 0. The molecule has 96 valence electrons. The molecule has 0 N–H and O–H groups in total. The SMILES string of the molecule is Cc1nc(C[S@@](=O)Cc2ccc(Cl)cc2)oc1C. The molecule has 0 aliphatic rings. The molecule has 0 radical (unpaired) electrons. The smallest absolute Gasteiger partial charge is 0.207 e. The monoisotopic (exact) mass is 283 g/mol. The minimum absolute atomic E-state index is 0.345. The number of oxazole rings is 1. The van der Waals surface area contributed by atoms with Crippen molar-refractivity contribution in [1.82, 2.24) is 4.98 Å². The number of hydrogen-bond acceptors (Lipinski definition) is 3. The number of halogens is 1. The molecular weight excluding hydrogens is 270 g/mol. The lowest BCUT2D eigenvalue weighted by Gasteiger charge is -2.00. The van der Waals surface area contributed by atoms with Crippen LogP contribution in [0.3, 0.4) is 0 Å². The van der Waals surface area contributed by atoms with Crippen molar-refractivity contribution in [3.05, 3.63) is 52.2 Å². The van der Waals surface area contributed by atoms with Crippen LogP contribution in [0.5, 0.6) is 0 Å². The molecule has 0 bridgehead atoms.